The summed E-state index contributed by atoms with van der Waals surface area (Å²) in [4.78, 5) is 13.8. The third kappa shape index (κ3) is 2.00. The number of aliphatic hydroxyl groups is 2. The summed E-state index contributed by atoms with van der Waals surface area (Å²) < 4.78 is 12.9. The monoisotopic (exact) mass is 392 g/mol. The molecule has 1 aliphatic heterocycles. The van der Waals surface area contributed by atoms with Gasteiger partial charge in [-0.3, -0.25) is 4.79 Å². The first-order chi connectivity index (χ1) is 12.9. The normalized spacial score (nSPS) is 58.8. The van der Waals surface area contributed by atoms with Crippen molar-refractivity contribution in [2.24, 2.45) is 39.9 Å². The highest BCUT2D eigenvalue weighted by Crippen LogP contribution is 2.73. The molecule has 0 aromatic heterocycles. The molecule has 158 valence electrons. The maximum atomic E-state index is 13.8. The number of carbonyl (C=O) groups excluding carboxylic acids is 1. The molecular formula is C23H36O5. The second-order valence-electron chi connectivity index (χ2n) is 11.8. The number of ether oxygens (including phenoxy) is 2. The summed E-state index contributed by atoms with van der Waals surface area (Å²) in [6.07, 6.45) is 1.37. The second-order valence-corrected chi connectivity index (χ2v) is 11.8. The van der Waals surface area contributed by atoms with Gasteiger partial charge in [0.05, 0.1) is 29.8 Å². The van der Waals surface area contributed by atoms with Crippen LogP contribution < -0.4 is 0 Å². The summed E-state index contributed by atoms with van der Waals surface area (Å²) >= 11 is 0. The number of Topliss-reactive ketones (excluding diaryl/α,β-unsaturated/α-hetero) is 1. The average molecular weight is 393 g/mol. The topological polar surface area (TPSA) is 76.0 Å². The Morgan fingerprint density at radius 2 is 1.71 bits per heavy atom. The average Bonchev–Trinajstić information content (AvgIpc) is 2.72. The molecule has 10 atom stereocenters. The predicted molar refractivity (Wildman–Crippen MR) is 103 cm³/mol. The van der Waals surface area contributed by atoms with Crippen molar-refractivity contribution in [3.8, 4) is 0 Å². The number of hydrogen-bond acceptors (Lipinski definition) is 5. The van der Waals surface area contributed by atoms with Gasteiger partial charge in [0.25, 0.3) is 0 Å². The van der Waals surface area contributed by atoms with Gasteiger partial charge in [-0.1, -0.05) is 27.7 Å². The minimum atomic E-state index is -0.836. The van der Waals surface area contributed by atoms with Crippen molar-refractivity contribution in [2.45, 2.75) is 97.4 Å². The highest BCUT2D eigenvalue weighted by atomic mass is 16.7. The van der Waals surface area contributed by atoms with Crippen molar-refractivity contribution in [1.82, 2.24) is 0 Å². The Labute approximate surface area is 168 Å². The molecule has 1 spiro atoms. The Morgan fingerprint density at radius 1 is 1.04 bits per heavy atom. The maximum absolute atomic E-state index is 13.8. The molecule has 0 amide bonds. The molecule has 2 bridgehead atoms. The van der Waals surface area contributed by atoms with Crippen LogP contribution in [-0.2, 0) is 14.3 Å². The van der Waals surface area contributed by atoms with E-state index in [2.05, 4.69) is 20.8 Å². The van der Waals surface area contributed by atoms with Gasteiger partial charge in [0.2, 0.25) is 0 Å². The fourth-order valence-corrected chi connectivity index (χ4v) is 8.69. The molecule has 0 aromatic rings. The fourth-order valence-electron chi connectivity index (χ4n) is 8.69. The molecular weight excluding hydrogens is 356 g/mol. The van der Waals surface area contributed by atoms with E-state index in [9.17, 15) is 15.0 Å². The van der Waals surface area contributed by atoms with Crippen molar-refractivity contribution >= 4 is 5.78 Å². The summed E-state index contributed by atoms with van der Waals surface area (Å²) in [5, 5.41) is 22.7. The summed E-state index contributed by atoms with van der Waals surface area (Å²) in [5.74, 6) is -0.794. The third-order valence-corrected chi connectivity index (χ3v) is 9.72. The molecule has 1 saturated heterocycles. The SMILES string of the molecule is C[C@H]1C(=O)[C@@]23[C@@H]4OC(C)(C)O[C@@H]2C[C@@H]2C(C)(C)CC[C@@H](O)[C@@]2(C)[C@H]3[C@H](O)C[C@H]41. The Hall–Kier alpha value is -0.490. The Bertz CT molecular complexity index is 716. The Morgan fingerprint density at radius 3 is 2.39 bits per heavy atom. The molecule has 5 nitrogen and oxygen atoms in total. The quantitative estimate of drug-likeness (QED) is 0.663. The van der Waals surface area contributed by atoms with E-state index in [-0.39, 0.29) is 47.1 Å². The molecule has 1 heterocycles. The molecule has 5 rings (SSSR count). The minimum absolute atomic E-state index is 0.0262. The van der Waals surface area contributed by atoms with E-state index in [0.717, 1.165) is 19.3 Å². The zero-order valence-corrected chi connectivity index (χ0v) is 18.1. The first-order valence-electron chi connectivity index (χ1n) is 11.1. The molecule has 0 aromatic carbocycles. The van der Waals surface area contributed by atoms with Crippen LogP contribution in [0.3, 0.4) is 0 Å². The summed E-state index contributed by atoms with van der Waals surface area (Å²) in [6.45, 7) is 12.6. The van der Waals surface area contributed by atoms with Gasteiger partial charge in [-0.15, -0.1) is 0 Å². The van der Waals surface area contributed by atoms with Crippen LogP contribution >= 0.6 is 0 Å². The maximum Gasteiger partial charge on any atom is 0.163 e. The third-order valence-electron chi connectivity index (χ3n) is 9.72. The standard InChI is InChI=1S/C23H36O5/c1-11-12-9-13(24)17-22(6)14(20(2,3)8-7-15(22)25)10-16-23(17,18(11)26)19(12)28-21(4,5)27-16/h11-17,19,24-25H,7-10H2,1-6H3/t11-,12+,13-,14-,15-,16-,17-,19-,22+,23-/m1/s1. The lowest BCUT2D eigenvalue weighted by Gasteiger charge is -2.70. The van der Waals surface area contributed by atoms with Crippen LogP contribution in [0.5, 0.6) is 0 Å². The van der Waals surface area contributed by atoms with Gasteiger partial charge in [0.15, 0.2) is 5.79 Å². The summed E-state index contributed by atoms with van der Waals surface area (Å²) in [5.41, 5.74) is -1.33. The number of ketones is 1. The molecule has 0 unspecified atom stereocenters. The highest BCUT2D eigenvalue weighted by molar-refractivity contribution is 5.92. The van der Waals surface area contributed by atoms with Gasteiger partial charge in [-0.25, -0.2) is 0 Å². The molecule has 4 saturated carbocycles. The first-order valence-corrected chi connectivity index (χ1v) is 11.1. The van der Waals surface area contributed by atoms with Crippen LogP contribution in [0.2, 0.25) is 0 Å². The lowest BCUT2D eigenvalue weighted by atomic mass is 9.38. The van der Waals surface area contributed by atoms with Gasteiger partial charge in [-0.05, 0) is 56.8 Å². The number of carbonyl (C=O) groups is 1. The number of aliphatic hydroxyl groups excluding tert-OH is 2. The summed E-state index contributed by atoms with van der Waals surface area (Å²) in [6, 6.07) is 0. The van der Waals surface area contributed by atoms with E-state index < -0.39 is 28.8 Å². The number of hydrogen-bond donors (Lipinski definition) is 2. The largest absolute Gasteiger partial charge is 0.393 e. The first kappa shape index (κ1) is 19.5. The van der Waals surface area contributed by atoms with Crippen molar-refractivity contribution in [3.63, 3.8) is 0 Å². The Kier molecular flexibility index (Phi) is 3.76. The van der Waals surface area contributed by atoms with Gasteiger partial charge < -0.3 is 19.7 Å². The van der Waals surface area contributed by atoms with Gasteiger partial charge in [-0.2, -0.15) is 0 Å². The number of fused-ring (bicyclic) bond motifs is 2. The van der Waals surface area contributed by atoms with Crippen LogP contribution in [0.25, 0.3) is 0 Å². The van der Waals surface area contributed by atoms with Crippen molar-refractivity contribution in [1.29, 1.82) is 0 Å². The van der Waals surface area contributed by atoms with E-state index in [1.54, 1.807) is 0 Å². The highest BCUT2D eigenvalue weighted by Gasteiger charge is 2.80. The van der Waals surface area contributed by atoms with E-state index >= 15 is 0 Å². The van der Waals surface area contributed by atoms with E-state index in [4.69, 9.17) is 9.47 Å². The predicted octanol–water partition coefficient (Wildman–Crippen LogP) is 2.92. The molecule has 5 fully saturated rings. The summed E-state index contributed by atoms with van der Waals surface area (Å²) in [7, 11) is 0. The van der Waals surface area contributed by atoms with E-state index in [1.807, 2.05) is 20.8 Å². The smallest absolute Gasteiger partial charge is 0.163 e. The molecule has 2 N–H and O–H groups in total. The van der Waals surface area contributed by atoms with Crippen LogP contribution in [0.4, 0.5) is 0 Å². The lowest BCUT2D eigenvalue weighted by Crippen LogP contribution is -2.76. The molecule has 0 radical (unpaired) electrons. The zero-order valence-electron chi connectivity index (χ0n) is 18.1. The van der Waals surface area contributed by atoms with Crippen molar-refractivity contribution in [3.05, 3.63) is 0 Å². The number of rotatable bonds is 0. The van der Waals surface area contributed by atoms with E-state index in [1.165, 1.54) is 0 Å². The zero-order chi connectivity index (χ0) is 20.4. The fraction of sp³-hybridized carbons (Fsp3) is 0.957. The second kappa shape index (κ2) is 5.40. The molecule has 5 heteroatoms. The van der Waals surface area contributed by atoms with Crippen LogP contribution in [0.15, 0.2) is 0 Å². The molecule has 5 aliphatic rings. The van der Waals surface area contributed by atoms with Crippen molar-refractivity contribution in [2.75, 3.05) is 0 Å². The van der Waals surface area contributed by atoms with Gasteiger partial charge in [0.1, 0.15) is 5.78 Å². The molecule has 4 aliphatic carbocycles. The Balaban J connectivity index is 1.75. The lowest BCUT2D eigenvalue weighted by molar-refractivity contribution is -0.394. The van der Waals surface area contributed by atoms with Gasteiger partial charge >= 0.3 is 0 Å². The van der Waals surface area contributed by atoms with Crippen LogP contribution in [0, 0.1) is 39.9 Å². The van der Waals surface area contributed by atoms with Crippen molar-refractivity contribution < 1.29 is 24.5 Å². The molecule has 28 heavy (non-hydrogen) atoms. The van der Waals surface area contributed by atoms with E-state index in [0.29, 0.717) is 6.42 Å². The van der Waals surface area contributed by atoms with Crippen LogP contribution in [-0.4, -0.2) is 46.2 Å². The van der Waals surface area contributed by atoms with Gasteiger partial charge in [0, 0.05) is 17.3 Å². The van der Waals surface area contributed by atoms with Crippen LogP contribution in [0.1, 0.15) is 67.2 Å². The minimum Gasteiger partial charge on any atom is -0.393 e.